The third-order valence-electron chi connectivity index (χ3n) is 5.52. The topological polar surface area (TPSA) is 92.3 Å². The van der Waals surface area contributed by atoms with Gasteiger partial charge in [0.2, 0.25) is 0 Å². The van der Waals surface area contributed by atoms with Crippen molar-refractivity contribution in [2.45, 2.75) is 78.4 Å². The molecule has 8 heteroatoms. The summed E-state index contributed by atoms with van der Waals surface area (Å²) >= 11 is 0. The van der Waals surface area contributed by atoms with Gasteiger partial charge in [0, 0.05) is 13.2 Å². The molecule has 34 heavy (non-hydrogen) atoms. The van der Waals surface area contributed by atoms with E-state index in [-0.39, 0.29) is 19.8 Å². The molecule has 0 bridgehead atoms. The van der Waals surface area contributed by atoms with Gasteiger partial charge in [-0.2, -0.15) is 0 Å². The van der Waals surface area contributed by atoms with Crippen LogP contribution in [0, 0.1) is 11.8 Å². The van der Waals surface area contributed by atoms with Crippen LogP contribution in [0.25, 0.3) is 0 Å². The zero-order valence-electron chi connectivity index (χ0n) is 21.2. The van der Waals surface area contributed by atoms with Gasteiger partial charge in [-0.1, -0.05) is 58.0 Å². The summed E-state index contributed by atoms with van der Waals surface area (Å²) in [5, 5.41) is 2.56. The van der Waals surface area contributed by atoms with Crippen molar-refractivity contribution in [3.05, 3.63) is 35.9 Å². The molecule has 0 radical (unpaired) electrons. The van der Waals surface area contributed by atoms with Gasteiger partial charge in [-0.25, -0.2) is 9.59 Å². The van der Waals surface area contributed by atoms with Crippen LogP contribution in [0.1, 0.15) is 53.0 Å². The molecule has 1 aromatic carbocycles. The van der Waals surface area contributed by atoms with E-state index in [0.717, 1.165) is 18.4 Å². The molecule has 0 saturated carbocycles. The largest absolute Gasteiger partial charge is 0.458 e. The summed E-state index contributed by atoms with van der Waals surface area (Å²) in [7, 11) is 0. The lowest BCUT2D eigenvalue weighted by Gasteiger charge is -2.31. The molecule has 1 amide bonds. The summed E-state index contributed by atoms with van der Waals surface area (Å²) in [6.45, 7) is 11.7. The van der Waals surface area contributed by atoms with Crippen LogP contribution in [-0.2, 0) is 35.1 Å². The number of rotatable bonds is 11. The molecule has 4 atom stereocenters. The monoisotopic (exact) mass is 479 g/mol. The minimum absolute atomic E-state index is 0.0469. The Hall–Kier alpha value is -2.16. The molecule has 1 aromatic rings. The van der Waals surface area contributed by atoms with E-state index in [2.05, 4.69) is 33.0 Å². The molecule has 0 spiro atoms. The number of amides is 1. The van der Waals surface area contributed by atoms with Crippen molar-refractivity contribution in [1.82, 2.24) is 5.32 Å². The molecular weight excluding hydrogens is 438 g/mol. The summed E-state index contributed by atoms with van der Waals surface area (Å²) in [6, 6.07) is 8.32. The quantitative estimate of drug-likeness (QED) is 0.478. The summed E-state index contributed by atoms with van der Waals surface area (Å²) < 4.78 is 29.0. The summed E-state index contributed by atoms with van der Waals surface area (Å²) in [5.74, 6) is 0.397. The van der Waals surface area contributed by atoms with Crippen LogP contribution in [0.15, 0.2) is 30.3 Å². The first-order chi connectivity index (χ1) is 16.3. The van der Waals surface area contributed by atoms with Crippen molar-refractivity contribution in [2.24, 2.45) is 11.8 Å². The van der Waals surface area contributed by atoms with Gasteiger partial charge in [-0.05, 0) is 37.2 Å². The van der Waals surface area contributed by atoms with Crippen molar-refractivity contribution < 1.29 is 33.3 Å². The average Bonchev–Trinajstić information content (AvgIpc) is 2.83. The highest BCUT2D eigenvalue weighted by atomic mass is 16.6. The van der Waals surface area contributed by atoms with Gasteiger partial charge in [0.25, 0.3) is 0 Å². The van der Waals surface area contributed by atoms with Crippen LogP contribution in [0.5, 0.6) is 0 Å². The maximum absolute atomic E-state index is 12.8. The molecule has 1 heterocycles. The Bertz CT molecular complexity index is 725. The molecule has 1 saturated heterocycles. The van der Waals surface area contributed by atoms with Crippen LogP contribution in [0.4, 0.5) is 4.79 Å². The van der Waals surface area contributed by atoms with E-state index in [1.54, 1.807) is 6.92 Å². The van der Waals surface area contributed by atoms with Crippen LogP contribution in [-0.4, -0.2) is 62.8 Å². The fraction of sp³-hybridized carbons (Fsp3) is 0.692. The normalized spacial score (nSPS) is 23.7. The van der Waals surface area contributed by atoms with Crippen molar-refractivity contribution in [3.8, 4) is 0 Å². The number of carbonyl (C=O) groups is 2. The first-order valence-electron chi connectivity index (χ1n) is 12.2. The highest BCUT2D eigenvalue weighted by Gasteiger charge is 2.36. The van der Waals surface area contributed by atoms with Gasteiger partial charge < -0.3 is 29.0 Å². The zero-order chi connectivity index (χ0) is 24.9. The Morgan fingerprint density at radius 1 is 1.03 bits per heavy atom. The summed E-state index contributed by atoms with van der Waals surface area (Å²) in [5.41, 5.74) is 0.849. The molecule has 0 aliphatic carbocycles. The zero-order valence-corrected chi connectivity index (χ0v) is 21.2. The number of ether oxygens (including phenoxy) is 5. The van der Waals surface area contributed by atoms with Gasteiger partial charge in [0.1, 0.15) is 24.9 Å². The Morgan fingerprint density at radius 2 is 1.68 bits per heavy atom. The van der Waals surface area contributed by atoms with Crippen LogP contribution < -0.4 is 5.32 Å². The van der Waals surface area contributed by atoms with Crippen molar-refractivity contribution in [2.75, 3.05) is 26.4 Å². The summed E-state index contributed by atoms with van der Waals surface area (Å²) in [4.78, 5) is 25.1. The maximum Gasteiger partial charge on any atom is 0.408 e. The van der Waals surface area contributed by atoms with E-state index in [1.165, 1.54) is 0 Å². The molecule has 1 N–H and O–H groups in total. The third kappa shape index (κ3) is 10.4. The lowest BCUT2D eigenvalue weighted by Crippen LogP contribution is -2.47. The Kier molecular flexibility index (Phi) is 12.4. The Morgan fingerprint density at radius 3 is 2.32 bits per heavy atom. The van der Waals surface area contributed by atoms with E-state index in [9.17, 15) is 9.59 Å². The Labute approximate surface area is 203 Å². The van der Waals surface area contributed by atoms with E-state index < -0.39 is 36.4 Å². The number of carbonyl (C=O) groups excluding carboxylic acids is 2. The minimum Gasteiger partial charge on any atom is -0.458 e. The van der Waals surface area contributed by atoms with E-state index >= 15 is 0 Å². The van der Waals surface area contributed by atoms with Crippen molar-refractivity contribution in [3.63, 3.8) is 0 Å². The first kappa shape index (κ1) is 28.1. The second-order valence-corrected chi connectivity index (χ2v) is 9.55. The van der Waals surface area contributed by atoms with Crippen LogP contribution >= 0.6 is 0 Å². The molecule has 2 rings (SSSR count). The van der Waals surface area contributed by atoms with Gasteiger partial charge in [-0.15, -0.1) is 0 Å². The number of hydrogen-bond donors (Lipinski definition) is 1. The van der Waals surface area contributed by atoms with Gasteiger partial charge in [-0.3, -0.25) is 0 Å². The smallest absolute Gasteiger partial charge is 0.408 e. The first-order valence-corrected chi connectivity index (χ1v) is 12.2. The molecule has 8 nitrogen and oxygen atoms in total. The minimum atomic E-state index is -0.989. The molecule has 1 aliphatic rings. The highest BCUT2D eigenvalue weighted by Crippen LogP contribution is 2.18. The lowest BCUT2D eigenvalue weighted by atomic mass is 10.1. The highest BCUT2D eigenvalue weighted by molar-refractivity contribution is 5.81. The molecule has 1 fully saturated rings. The number of hydrogen-bond acceptors (Lipinski definition) is 7. The molecule has 0 unspecified atom stereocenters. The second-order valence-electron chi connectivity index (χ2n) is 9.55. The SMILES string of the molecule is CC(C)CCO[C@H]1[C@H](C)OC(=O)[C@@H](NC(=O)OCc2ccccc2)COC[C@@H]1OCCC(C)C. The third-order valence-corrected chi connectivity index (χ3v) is 5.52. The molecule has 1 aliphatic heterocycles. The van der Waals surface area contributed by atoms with E-state index in [1.807, 2.05) is 30.3 Å². The predicted octanol–water partition coefficient (Wildman–Crippen LogP) is 4.11. The van der Waals surface area contributed by atoms with Gasteiger partial charge in [0.15, 0.2) is 6.04 Å². The second kappa shape index (κ2) is 15.0. The van der Waals surface area contributed by atoms with Crippen molar-refractivity contribution in [1.29, 1.82) is 0 Å². The van der Waals surface area contributed by atoms with Gasteiger partial charge in [0.05, 0.1) is 13.2 Å². The van der Waals surface area contributed by atoms with Crippen molar-refractivity contribution >= 4 is 12.1 Å². The lowest BCUT2D eigenvalue weighted by molar-refractivity contribution is -0.168. The van der Waals surface area contributed by atoms with Crippen LogP contribution in [0.3, 0.4) is 0 Å². The fourth-order valence-corrected chi connectivity index (χ4v) is 3.39. The number of esters is 1. The number of nitrogens with one attached hydrogen (secondary N) is 1. The maximum atomic E-state index is 12.8. The Balaban J connectivity index is 1.99. The van der Waals surface area contributed by atoms with E-state index in [4.69, 9.17) is 23.7 Å². The summed E-state index contributed by atoms with van der Waals surface area (Å²) in [6.07, 6.45) is -0.364. The predicted molar refractivity (Wildman–Crippen MR) is 128 cm³/mol. The molecule has 192 valence electrons. The fourth-order valence-electron chi connectivity index (χ4n) is 3.39. The number of cyclic esters (lactones) is 1. The molecular formula is C26H41NO7. The van der Waals surface area contributed by atoms with Crippen LogP contribution in [0.2, 0.25) is 0 Å². The molecule has 0 aromatic heterocycles. The number of benzene rings is 1. The van der Waals surface area contributed by atoms with Gasteiger partial charge >= 0.3 is 12.1 Å². The van der Waals surface area contributed by atoms with E-state index in [0.29, 0.717) is 25.0 Å². The number of alkyl carbamates (subject to hydrolysis) is 1. The standard InChI is InChI=1S/C26H41NO7/c1-18(2)11-13-31-23-17-30-16-22(27-26(29)33-15-21-9-7-6-8-10-21)25(28)34-20(5)24(23)32-14-12-19(3)4/h6-10,18-20,22-24H,11-17H2,1-5H3,(H,27,29)/t20-,22-,23-,24-/m0/s1. The average molecular weight is 480 g/mol.